The molecule has 1 saturated heterocycles. The van der Waals surface area contributed by atoms with E-state index in [1.807, 2.05) is 6.08 Å². The molecule has 1 N–H and O–H groups in total. The maximum Gasteiger partial charge on any atom is 0.338 e. The third-order valence-corrected chi connectivity index (χ3v) is 4.60. The number of carbonyl (C=O) groups excluding carboxylic acids is 2. The fraction of sp³-hybridized carbons (Fsp3) is 0.500. The van der Waals surface area contributed by atoms with E-state index >= 15 is 0 Å². The van der Waals surface area contributed by atoms with Crippen LogP contribution in [0.15, 0.2) is 35.9 Å². The molecule has 28 heavy (non-hydrogen) atoms. The third kappa shape index (κ3) is 5.63. The van der Waals surface area contributed by atoms with Gasteiger partial charge in [0.05, 0.1) is 17.1 Å². The lowest BCUT2D eigenvalue weighted by molar-refractivity contribution is -0.384. The number of nitro benzene ring substituents is 1. The summed E-state index contributed by atoms with van der Waals surface area (Å²) in [4.78, 5) is 34.3. The number of carbonyl (C=O) groups is 2. The number of non-ortho nitro benzene ring substituents is 1. The number of allylic oxidation sites excluding steroid dienone is 1. The third-order valence-electron chi connectivity index (χ3n) is 4.60. The number of aliphatic hydroxyl groups is 1. The molecule has 1 heterocycles. The predicted molar refractivity (Wildman–Crippen MR) is 101 cm³/mol. The van der Waals surface area contributed by atoms with Crippen LogP contribution in [-0.2, 0) is 14.3 Å². The van der Waals surface area contributed by atoms with Crippen molar-refractivity contribution in [1.29, 1.82) is 0 Å². The first-order valence-electron chi connectivity index (χ1n) is 9.35. The van der Waals surface area contributed by atoms with E-state index in [4.69, 9.17) is 9.47 Å². The van der Waals surface area contributed by atoms with E-state index in [1.54, 1.807) is 0 Å². The van der Waals surface area contributed by atoms with E-state index in [9.17, 15) is 24.8 Å². The highest BCUT2D eigenvalue weighted by atomic mass is 16.6. The maximum absolute atomic E-state index is 12.1. The number of hydrogen-bond donors (Lipinski definition) is 1. The Balaban J connectivity index is 1.93. The first-order chi connectivity index (χ1) is 13.4. The smallest absolute Gasteiger partial charge is 0.338 e. The Hall–Kier alpha value is -2.74. The van der Waals surface area contributed by atoms with Crippen molar-refractivity contribution in [3.63, 3.8) is 0 Å². The monoisotopic (exact) mass is 391 g/mol. The standard InChI is InChI=1S/C20H25NO7/c1-2-3-4-5-6-7-16-12-20(13-22,28-19(16)24)14-27-18(23)15-8-10-17(11-9-15)21(25)26/h7-11,22H,2-6,12-14H2,1H3/b16-7-. The molecule has 0 aliphatic carbocycles. The van der Waals surface area contributed by atoms with Crippen molar-refractivity contribution in [3.8, 4) is 0 Å². The molecule has 2 rings (SSSR count). The normalized spacial score (nSPS) is 20.2. The van der Waals surface area contributed by atoms with Crippen molar-refractivity contribution in [3.05, 3.63) is 51.6 Å². The molecule has 8 heteroatoms. The second kappa shape index (κ2) is 9.98. The molecule has 0 amide bonds. The highest BCUT2D eigenvalue weighted by molar-refractivity contribution is 5.92. The topological polar surface area (TPSA) is 116 Å². The molecular formula is C20H25NO7. The van der Waals surface area contributed by atoms with E-state index < -0.39 is 29.1 Å². The van der Waals surface area contributed by atoms with Gasteiger partial charge in [0.15, 0.2) is 5.60 Å². The summed E-state index contributed by atoms with van der Waals surface area (Å²) in [5.41, 5.74) is -0.809. The molecule has 0 spiro atoms. The molecule has 0 aromatic heterocycles. The largest absolute Gasteiger partial charge is 0.458 e. The zero-order chi connectivity index (χ0) is 20.6. The van der Waals surface area contributed by atoms with Gasteiger partial charge in [0, 0.05) is 24.1 Å². The van der Waals surface area contributed by atoms with Crippen molar-refractivity contribution in [2.75, 3.05) is 13.2 Å². The number of ether oxygens (including phenoxy) is 2. The second-order valence-electron chi connectivity index (χ2n) is 6.87. The van der Waals surface area contributed by atoms with Crippen LogP contribution in [-0.4, -0.2) is 40.8 Å². The molecule has 1 aromatic rings. The summed E-state index contributed by atoms with van der Waals surface area (Å²) in [6.07, 6.45) is 7.10. The Morgan fingerprint density at radius 2 is 2.04 bits per heavy atom. The van der Waals surface area contributed by atoms with Gasteiger partial charge in [-0.25, -0.2) is 9.59 Å². The number of unbranched alkanes of at least 4 members (excludes halogenated alkanes) is 4. The average molecular weight is 391 g/mol. The van der Waals surface area contributed by atoms with Crippen molar-refractivity contribution in [2.24, 2.45) is 0 Å². The van der Waals surface area contributed by atoms with Gasteiger partial charge < -0.3 is 14.6 Å². The number of rotatable bonds is 10. The summed E-state index contributed by atoms with van der Waals surface area (Å²) in [6, 6.07) is 4.98. The minimum atomic E-state index is -1.29. The summed E-state index contributed by atoms with van der Waals surface area (Å²) in [7, 11) is 0. The van der Waals surface area contributed by atoms with Gasteiger partial charge in [0.25, 0.3) is 5.69 Å². The Kier molecular flexibility index (Phi) is 7.69. The lowest BCUT2D eigenvalue weighted by Crippen LogP contribution is -2.39. The highest BCUT2D eigenvalue weighted by Crippen LogP contribution is 2.32. The van der Waals surface area contributed by atoms with Crippen LogP contribution >= 0.6 is 0 Å². The molecule has 1 aliphatic rings. The number of cyclic esters (lactones) is 1. The van der Waals surface area contributed by atoms with Gasteiger partial charge >= 0.3 is 11.9 Å². The van der Waals surface area contributed by atoms with Gasteiger partial charge in [-0.3, -0.25) is 10.1 Å². The summed E-state index contributed by atoms with van der Waals surface area (Å²) >= 11 is 0. The summed E-state index contributed by atoms with van der Waals surface area (Å²) < 4.78 is 10.5. The summed E-state index contributed by atoms with van der Waals surface area (Å²) in [5, 5.41) is 20.4. The van der Waals surface area contributed by atoms with Crippen LogP contribution in [0.1, 0.15) is 55.8 Å². The van der Waals surface area contributed by atoms with Gasteiger partial charge in [0.1, 0.15) is 6.61 Å². The molecule has 1 atom stereocenters. The number of nitro groups is 1. The predicted octanol–water partition coefficient (Wildman–Crippen LogP) is 3.33. The molecule has 0 saturated carbocycles. The average Bonchev–Trinajstić information content (AvgIpc) is 3.02. The van der Waals surface area contributed by atoms with Crippen LogP contribution in [0.5, 0.6) is 0 Å². The van der Waals surface area contributed by atoms with Gasteiger partial charge in [0.2, 0.25) is 0 Å². The maximum atomic E-state index is 12.1. The number of benzene rings is 1. The Labute approximate surface area is 163 Å². The van der Waals surface area contributed by atoms with Crippen molar-refractivity contribution in [1.82, 2.24) is 0 Å². The fourth-order valence-electron chi connectivity index (χ4n) is 2.93. The number of esters is 2. The van der Waals surface area contributed by atoms with E-state index in [2.05, 4.69) is 6.92 Å². The molecule has 1 unspecified atom stereocenters. The molecule has 8 nitrogen and oxygen atoms in total. The van der Waals surface area contributed by atoms with Crippen LogP contribution in [0.25, 0.3) is 0 Å². The van der Waals surface area contributed by atoms with E-state index in [1.165, 1.54) is 24.3 Å². The Morgan fingerprint density at radius 3 is 2.64 bits per heavy atom. The van der Waals surface area contributed by atoms with Crippen LogP contribution < -0.4 is 0 Å². The van der Waals surface area contributed by atoms with Crippen LogP contribution in [0.3, 0.4) is 0 Å². The van der Waals surface area contributed by atoms with Crippen molar-refractivity contribution >= 4 is 17.6 Å². The molecule has 0 radical (unpaired) electrons. The molecular weight excluding hydrogens is 366 g/mol. The van der Waals surface area contributed by atoms with Gasteiger partial charge in [-0.15, -0.1) is 0 Å². The van der Waals surface area contributed by atoms with Crippen LogP contribution in [0.4, 0.5) is 5.69 Å². The Morgan fingerprint density at radius 1 is 1.32 bits per heavy atom. The Bertz CT molecular complexity index is 741. The number of nitrogens with zero attached hydrogens (tertiary/aromatic N) is 1. The SMILES string of the molecule is CCCCCC/C=C1/CC(CO)(COC(=O)c2ccc([N+](=O)[O-])cc2)OC1=O. The minimum Gasteiger partial charge on any atom is -0.458 e. The van der Waals surface area contributed by atoms with Gasteiger partial charge in [-0.2, -0.15) is 0 Å². The second-order valence-corrected chi connectivity index (χ2v) is 6.87. The minimum absolute atomic E-state index is 0.134. The molecule has 1 aliphatic heterocycles. The number of aliphatic hydroxyl groups excluding tert-OH is 1. The fourth-order valence-corrected chi connectivity index (χ4v) is 2.93. The molecule has 1 aromatic carbocycles. The summed E-state index contributed by atoms with van der Waals surface area (Å²) in [5.74, 6) is -1.22. The van der Waals surface area contributed by atoms with E-state index in [-0.39, 0.29) is 24.3 Å². The molecule has 0 bridgehead atoms. The highest BCUT2D eigenvalue weighted by Gasteiger charge is 2.44. The van der Waals surface area contributed by atoms with Crippen molar-refractivity contribution in [2.45, 2.75) is 51.0 Å². The quantitative estimate of drug-likeness (QED) is 0.214. The molecule has 152 valence electrons. The summed E-state index contributed by atoms with van der Waals surface area (Å²) in [6.45, 7) is 1.36. The number of hydrogen-bond acceptors (Lipinski definition) is 7. The zero-order valence-electron chi connectivity index (χ0n) is 15.9. The van der Waals surface area contributed by atoms with Crippen LogP contribution in [0.2, 0.25) is 0 Å². The van der Waals surface area contributed by atoms with E-state index in [0.717, 1.165) is 32.1 Å². The molecule has 1 fully saturated rings. The lowest BCUT2D eigenvalue weighted by atomic mass is 9.98. The van der Waals surface area contributed by atoms with Gasteiger partial charge in [-0.05, 0) is 25.0 Å². The first-order valence-corrected chi connectivity index (χ1v) is 9.35. The van der Waals surface area contributed by atoms with E-state index in [0.29, 0.717) is 5.57 Å². The first kappa shape index (κ1) is 21.6. The zero-order valence-corrected chi connectivity index (χ0v) is 15.9. The van der Waals surface area contributed by atoms with Crippen molar-refractivity contribution < 1.29 is 29.1 Å². The lowest BCUT2D eigenvalue weighted by Gasteiger charge is -2.24. The van der Waals surface area contributed by atoms with Gasteiger partial charge in [-0.1, -0.05) is 32.3 Å². The van der Waals surface area contributed by atoms with Crippen LogP contribution in [0, 0.1) is 10.1 Å².